The minimum atomic E-state index is -0.638. The zero-order valence-corrected chi connectivity index (χ0v) is 23.5. The highest BCUT2D eigenvalue weighted by atomic mass is 35.5. The quantitative estimate of drug-likeness (QED) is 0.329. The number of likely N-dealkylation sites (tertiary alicyclic amines) is 1. The summed E-state index contributed by atoms with van der Waals surface area (Å²) in [5.41, 5.74) is 9.62. The van der Waals surface area contributed by atoms with Crippen LogP contribution in [0.25, 0.3) is 5.57 Å². The number of fused-ring (bicyclic) bond motifs is 2. The van der Waals surface area contributed by atoms with E-state index >= 15 is 0 Å². The van der Waals surface area contributed by atoms with Crippen LogP contribution in [0.3, 0.4) is 0 Å². The zero-order chi connectivity index (χ0) is 26.7. The summed E-state index contributed by atoms with van der Waals surface area (Å²) >= 11 is 6.38. The maximum absolute atomic E-state index is 12.4. The number of carbonyl (C=O) groups is 1. The lowest BCUT2D eigenvalue weighted by atomic mass is 9.84. The first-order chi connectivity index (χ1) is 18.4. The van der Waals surface area contributed by atoms with Gasteiger partial charge in [0.05, 0.1) is 17.7 Å². The van der Waals surface area contributed by atoms with Gasteiger partial charge in [-0.2, -0.15) is 0 Å². The number of hydrogen-bond acceptors (Lipinski definition) is 4. The Labute approximate surface area is 231 Å². The summed E-state index contributed by atoms with van der Waals surface area (Å²) in [6, 6.07) is 19.1. The third-order valence-electron chi connectivity index (χ3n) is 8.12. The Kier molecular flexibility index (Phi) is 8.01. The van der Waals surface area contributed by atoms with Crippen molar-refractivity contribution in [1.82, 2.24) is 9.88 Å². The van der Waals surface area contributed by atoms with Crippen molar-refractivity contribution in [3.05, 3.63) is 105 Å². The van der Waals surface area contributed by atoms with Crippen LogP contribution in [-0.2, 0) is 34.2 Å². The summed E-state index contributed by atoms with van der Waals surface area (Å²) in [6.45, 7) is 9.24. The lowest BCUT2D eigenvalue weighted by Crippen LogP contribution is -2.33. The van der Waals surface area contributed by atoms with E-state index in [-0.39, 0.29) is 5.97 Å². The van der Waals surface area contributed by atoms with E-state index in [0.29, 0.717) is 6.61 Å². The number of aromatic nitrogens is 1. The number of hydrogen-bond donors (Lipinski definition) is 0. The van der Waals surface area contributed by atoms with Gasteiger partial charge in [-0.25, -0.2) is 0 Å². The van der Waals surface area contributed by atoms with Crippen molar-refractivity contribution < 1.29 is 9.53 Å². The Morgan fingerprint density at radius 3 is 2.47 bits per heavy atom. The van der Waals surface area contributed by atoms with Crippen LogP contribution in [0, 0.1) is 0 Å². The number of carbonyl (C=O) groups excluding carboxylic acids is 1. The van der Waals surface area contributed by atoms with Crippen molar-refractivity contribution in [2.24, 2.45) is 0 Å². The Balaban J connectivity index is 1.27. The lowest BCUT2D eigenvalue weighted by molar-refractivity contribution is -0.148. The van der Waals surface area contributed by atoms with Crippen molar-refractivity contribution in [2.75, 3.05) is 26.2 Å². The van der Waals surface area contributed by atoms with Crippen molar-refractivity contribution >= 4 is 23.1 Å². The molecular weight excluding hydrogens is 492 g/mol. The summed E-state index contributed by atoms with van der Waals surface area (Å²) in [4.78, 5) is 19.8. The third kappa shape index (κ3) is 5.57. The van der Waals surface area contributed by atoms with Gasteiger partial charge < -0.3 is 9.64 Å². The molecule has 5 heteroatoms. The molecule has 0 atom stereocenters. The first-order valence-electron chi connectivity index (χ1n) is 13.8. The number of piperidine rings is 1. The van der Waals surface area contributed by atoms with Crippen molar-refractivity contribution in [3.8, 4) is 0 Å². The first kappa shape index (κ1) is 26.6. The molecule has 1 aromatic heterocycles. The van der Waals surface area contributed by atoms with Crippen LogP contribution in [0.4, 0.5) is 0 Å². The fourth-order valence-electron chi connectivity index (χ4n) is 5.73. The van der Waals surface area contributed by atoms with Crippen LogP contribution in [0.5, 0.6) is 0 Å². The number of esters is 1. The van der Waals surface area contributed by atoms with Crippen LogP contribution in [0.2, 0.25) is 5.02 Å². The highest BCUT2D eigenvalue weighted by Crippen LogP contribution is 2.38. The van der Waals surface area contributed by atoms with Gasteiger partial charge in [0.25, 0.3) is 0 Å². The number of rotatable bonds is 6. The van der Waals surface area contributed by atoms with E-state index in [2.05, 4.69) is 53.4 Å². The largest absolute Gasteiger partial charge is 0.465 e. The molecule has 0 N–H and O–H groups in total. The third-order valence-corrected chi connectivity index (χ3v) is 8.35. The van der Waals surface area contributed by atoms with Gasteiger partial charge in [-0.15, -0.1) is 0 Å². The van der Waals surface area contributed by atoms with E-state index in [1.54, 1.807) is 0 Å². The van der Waals surface area contributed by atoms with Crippen molar-refractivity contribution in [2.45, 2.75) is 58.3 Å². The van der Waals surface area contributed by atoms with E-state index in [9.17, 15) is 4.79 Å². The fraction of sp³-hybridized carbons (Fsp3) is 0.394. The maximum atomic E-state index is 12.4. The molecule has 0 bridgehead atoms. The highest BCUT2D eigenvalue weighted by molar-refractivity contribution is 6.30. The second-order valence-electron chi connectivity index (χ2n) is 10.9. The molecule has 0 radical (unpaired) electrons. The van der Waals surface area contributed by atoms with Gasteiger partial charge in [-0.3, -0.25) is 9.78 Å². The smallest absolute Gasteiger partial charge is 0.315 e. The minimum absolute atomic E-state index is 0.178. The lowest BCUT2D eigenvalue weighted by Gasteiger charge is -2.30. The molecule has 1 aliphatic heterocycles. The topological polar surface area (TPSA) is 42.4 Å². The molecule has 0 amide bonds. The fourth-order valence-corrected chi connectivity index (χ4v) is 5.93. The molecular formula is C33H37ClN2O2. The Hall–Kier alpha value is -2.95. The van der Waals surface area contributed by atoms with Gasteiger partial charge in [0.15, 0.2) is 0 Å². The number of pyridine rings is 1. The summed E-state index contributed by atoms with van der Waals surface area (Å²) in [5.74, 6) is -0.178. The van der Waals surface area contributed by atoms with E-state index in [1.165, 1.54) is 33.4 Å². The summed E-state index contributed by atoms with van der Waals surface area (Å²) in [5, 5.41) is 0.805. The van der Waals surface area contributed by atoms with E-state index < -0.39 is 5.41 Å². The number of aryl methyl sites for hydroxylation is 2. The summed E-state index contributed by atoms with van der Waals surface area (Å²) < 4.78 is 5.26. The minimum Gasteiger partial charge on any atom is -0.465 e. The number of benzene rings is 2. The van der Waals surface area contributed by atoms with E-state index in [0.717, 1.165) is 68.0 Å². The first-order valence-corrected chi connectivity index (χ1v) is 14.2. The summed E-state index contributed by atoms with van der Waals surface area (Å²) in [7, 11) is 0. The zero-order valence-electron chi connectivity index (χ0n) is 22.7. The van der Waals surface area contributed by atoms with Crippen molar-refractivity contribution in [1.29, 1.82) is 0 Å². The molecule has 38 heavy (non-hydrogen) atoms. The number of ether oxygens (including phenoxy) is 1. The van der Waals surface area contributed by atoms with Crippen LogP contribution >= 0.6 is 11.6 Å². The van der Waals surface area contributed by atoms with E-state index in [4.69, 9.17) is 21.3 Å². The Morgan fingerprint density at radius 2 is 1.74 bits per heavy atom. The molecule has 5 rings (SSSR count). The normalized spacial score (nSPS) is 16.0. The van der Waals surface area contributed by atoms with Gasteiger partial charge in [-0.1, -0.05) is 53.6 Å². The van der Waals surface area contributed by atoms with Crippen LogP contribution in [0.15, 0.2) is 66.4 Å². The maximum Gasteiger partial charge on any atom is 0.315 e. The predicted octanol–water partition coefficient (Wildman–Crippen LogP) is 6.81. The molecule has 0 saturated carbocycles. The second kappa shape index (κ2) is 11.4. The van der Waals surface area contributed by atoms with E-state index in [1.807, 2.05) is 33.0 Å². The number of halogens is 1. The molecule has 1 saturated heterocycles. The van der Waals surface area contributed by atoms with Crippen LogP contribution in [0.1, 0.15) is 67.1 Å². The van der Waals surface area contributed by atoms with Crippen LogP contribution < -0.4 is 0 Å². The van der Waals surface area contributed by atoms with Gasteiger partial charge in [-0.05, 0) is 98.9 Å². The Bertz CT molecular complexity index is 1330. The molecule has 1 fully saturated rings. The SMILES string of the molecule is CCOC(=O)C(C)(C)c1ccc(CCN2CCC(=C3c4ccc(Cl)cc4CCc4cccnc43)CC2)cc1. The van der Waals surface area contributed by atoms with Gasteiger partial charge in [0, 0.05) is 36.4 Å². The predicted molar refractivity (Wildman–Crippen MR) is 155 cm³/mol. The van der Waals surface area contributed by atoms with Gasteiger partial charge in [0.1, 0.15) is 0 Å². The second-order valence-corrected chi connectivity index (χ2v) is 11.4. The molecule has 2 aliphatic rings. The molecule has 198 valence electrons. The Morgan fingerprint density at radius 1 is 1.00 bits per heavy atom. The standard InChI is InChI=1S/C33H37ClN2O2/c1-4-38-32(37)33(2,3)27-11-7-23(8-12-27)15-19-36-20-16-24(17-21-36)30-29-14-13-28(34)22-26(29)10-9-25-6-5-18-35-31(25)30/h5-8,11-14,18,22H,4,9-10,15-17,19-21H2,1-3H3. The van der Waals surface area contributed by atoms with Crippen LogP contribution in [-0.4, -0.2) is 42.1 Å². The molecule has 0 unspecified atom stereocenters. The average molecular weight is 529 g/mol. The molecule has 2 heterocycles. The molecule has 3 aromatic rings. The molecule has 2 aromatic carbocycles. The van der Waals surface area contributed by atoms with Gasteiger partial charge in [0.2, 0.25) is 0 Å². The average Bonchev–Trinajstić information content (AvgIpc) is 3.09. The summed E-state index contributed by atoms with van der Waals surface area (Å²) in [6.07, 6.45) is 7.02. The molecule has 1 aliphatic carbocycles. The number of nitrogens with zero attached hydrogens (tertiary/aromatic N) is 2. The monoisotopic (exact) mass is 528 g/mol. The molecule has 4 nitrogen and oxygen atoms in total. The van der Waals surface area contributed by atoms with Crippen molar-refractivity contribution in [3.63, 3.8) is 0 Å². The highest BCUT2D eigenvalue weighted by Gasteiger charge is 2.31. The van der Waals surface area contributed by atoms with Gasteiger partial charge >= 0.3 is 5.97 Å². The molecule has 0 spiro atoms.